The summed E-state index contributed by atoms with van der Waals surface area (Å²) >= 11 is 0. The predicted octanol–water partition coefficient (Wildman–Crippen LogP) is 6.98. The molecule has 2 aromatic rings. The van der Waals surface area contributed by atoms with Crippen LogP contribution in [0.15, 0.2) is 84.8 Å². The summed E-state index contributed by atoms with van der Waals surface area (Å²) in [6, 6.07) is 12.7. The SMILES string of the molecule is C=C/C=C(/C)C(/C=C\C)=C(C)c1cnn(C2(CC#N)CN(C3CCC(CC(=O)OCc4ccccc4)CC3)C2)c1. The Labute approximate surface area is 239 Å². The number of likely N-dealkylation sites (tertiary alicyclic amines) is 1. The van der Waals surface area contributed by atoms with Crippen LogP contribution in [0.5, 0.6) is 0 Å². The highest BCUT2D eigenvalue weighted by Crippen LogP contribution is 2.39. The molecule has 1 aromatic heterocycles. The summed E-state index contributed by atoms with van der Waals surface area (Å²) in [5.41, 5.74) is 5.26. The minimum atomic E-state index is -0.294. The first-order valence-corrected chi connectivity index (χ1v) is 14.4. The van der Waals surface area contributed by atoms with Crippen LogP contribution in [-0.4, -0.2) is 39.8 Å². The van der Waals surface area contributed by atoms with E-state index >= 15 is 0 Å². The van der Waals surface area contributed by atoms with Gasteiger partial charge < -0.3 is 4.74 Å². The number of benzene rings is 1. The molecule has 2 fully saturated rings. The summed E-state index contributed by atoms with van der Waals surface area (Å²) in [6.45, 7) is 12.1. The fourth-order valence-electron chi connectivity index (χ4n) is 6.12. The minimum absolute atomic E-state index is 0.101. The van der Waals surface area contributed by atoms with Crippen LogP contribution < -0.4 is 0 Å². The van der Waals surface area contributed by atoms with Crippen molar-refractivity contribution < 1.29 is 9.53 Å². The number of carbonyl (C=O) groups excluding carboxylic acids is 1. The lowest BCUT2D eigenvalue weighted by Gasteiger charge is -2.53. The molecule has 0 radical (unpaired) electrons. The van der Waals surface area contributed by atoms with Gasteiger partial charge in [0, 0.05) is 37.3 Å². The average molecular weight is 539 g/mol. The van der Waals surface area contributed by atoms with Crippen LogP contribution in [0.3, 0.4) is 0 Å². The van der Waals surface area contributed by atoms with E-state index in [1.807, 2.05) is 66.4 Å². The summed E-state index contributed by atoms with van der Waals surface area (Å²) in [6.07, 6.45) is 17.2. The van der Waals surface area contributed by atoms with Crippen molar-refractivity contribution in [2.24, 2.45) is 5.92 Å². The maximum atomic E-state index is 12.4. The van der Waals surface area contributed by atoms with Gasteiger partial charge in [-0.25, -0.2) is 0 Å². The molecule has 0 spiro atoms. The molecule has 0 bridgehead atoms. The van der Waals surface area contributed by atoms with E-state index < -0.39 is 0 Å². The Morgan fingerprint density at radius 3 is 2.58 bits per heavy atom. The largest absolute Gasteiger partial charge is 0.461 e. The number of hydrogen-bond donors (Lipinski definition) is 0. The summed E-state index contributed by atoms with van der Waals surface area (Å²) < 4.78 is 7.54. The zero-order chi connectivity index (χ0) is 28.5. The normalized spacial score (nSPS) is 21.8. The molecule has 0 amide bonds. The van der Waals surface area contributed by atoms with Gasteiger partial charge in [0.25, 0.3) is 0 Å². The maximum absolute atomic E-state index is 12.4. The van der Waals surface area contributed by atoms with Crippen LogP contribution in [0, 0.1) is 17.2 Å². The first-order chi connectivity index (χ1) is 19.4. The lowest BCUT2D eigenvalue weighted by Crippen LogP contribution is -2.65. The molecule has 2 aliphatic rings. The predicted molar refractivity (Wildman–Crippen MR) is 160 cm³/mol. The Morgan fingerprint density at radius 2 is 1.93 bits per heavy atom. The van der Waals surface area contributed by atoms with E-state index in [0.29, 0.717) is 31.4 Å². The summed E-state index contributed by atoms with van der Waals surface area (Å²) in [5.74, 6) is 0.286. The number of rotatable bonds is 11. The van der Waals surface area contributed by atoms with Crippen molar-refractivity contribution in [3.05, 3.63) is 95.9 Å². The maximum Gasteiger partial charge on any atom is 0.306 e. The van der Waals surface area contributed by atoms with Crippen LogP contribution in [0.25, 0.3) is 5.57 Å². The molecule has 0 atom stereocenters. The van der Waals surface area contributed by atoms with Gasteiger partial charge in [-0.15, -0.1) is 0 Å². The highest BCUT2D eigenvalue weighted by atomic mass is 16.5. The fraction of sp³-hybridized carbons (Fsp3) is 0.441. The zero-order valence-electron chi connectivity index (χ0n) is 24.2. The number of carbonyl (C=O) groups is 1. The lowest BCUT2D eigenvalue weighted by atomic mass is 9.79. The lowest BCUT2D eigenvalue weighted by molar-refractivity contribution is -0.146. The molecule has 2 heterocycles. The van der Waals surface area contributed by atoms with Gasteiger partial charge in [-0.3, -0.25) is 14.4 Å². The number of hydrogen-bond acceptors (Lipinski definition) is 5. The van der Waals surface area contributed by atoms with Crippen LogP contribution in [0.4, 0.5) is 0 Å². The van der Waals surface area contributed by atoms with E-state index in [1.165, 1.54) is 0 Å². The number of nitriles is 1. The van der Waals surface area contributed by atoms with Crippen LogP contribution in [0.1, 0.15) is 70.4 Å². The third-order valence-electron chi connectivity index (χ3n) is 8.47. The van der Waals surface area contributed by atoms with E-state index in [9.17, 15) is 10.1 Å². The van der Waals surface area contributed by atoms with Crippen LogP contribution >= 0.6 is 0 Å². The Bertz CT molecular complexity index is 1300. The third-order valence-corrected chi connectivity index (χ3v) is 8.47. The molecule has 0 unspecified atom stereocenters. The van der Waals surface area contributed by atoms with Crippen LogP contribution in [-0.2, 0) is 21.7 Å². The molecule has 6 heteroatoms. The van der Waals surface area contributed by atoms with Gasteiger partial charge in [-0.1, -0.05) is 61.2 Å². The molecule has 0 N–H and O–H groups in total. The molecule has 4 rings (SSSR count). The van der Waals surface area contributed by atoms with Gasteiger partial charge in [0.05, 0.1) is 18.7 Å². The summed E-state index contributed by atoms with van der Waals surface area (Å²) in [5, 5.41) is 14.4. The van der Waals surface area contributed by atoms with Gasteiger partial charge in [-0.2, -0.15) is 10.4 Å². The van der Waals surface area contributed by atoms with Gasteiger partial charge in [0.2, 0.25) is 0 Å². The van der Waals surface area contributed by atoms with E-state index in [4.69, 9.17) is 9.84 Å². The number of ether oxygens (including phenoxy) is 1. The molecule has 1 aliphatic heterocycles. The Morgan fingerprint density at radius 1 is 1.20 bits per heavy atom. The number of allylic oxidation sites excluding steroid dienone is 7. The highest BCUT2D eigenvalue weighted by molar-refractivity contribution is 5.73. The van der Waals surface area contributed by atoms with Crippen molar-refractivity contribution in [2.45, 2.75) is 77.5 Å². The molecule has 1 aromatic carbocycles. The van der Waals surface area contributed by atoms with Crippen molar-refractivity contribution in [3.63, 3.8) is 0 Å². The van der Waals surface area contributed by atoms with E-state index in [0.717, 1.165) is 66.6 Å². The molecule has 40 heavy (non-hydrogen) atoms. The second kappa shape index (κ2) is 13.6. The van der Waals surface area contributed by atoms with E-state index in [2.05, 4.69) is 43.7 Å². The van der Waals surface area contributed by atoms with E-state index in [1.54, 1.807) is 0 Å². The van der Waals surface area contributed by atoms with Gasteiger partial charge in [0.15, 0.2) is 0 Å². The zero-order valence-corrected chi connectivity index (χ0v) is 24.2. The second-order valence-electron chi connectivity index (χ2n) is 11.3. The monoisotopic (exact) mass is 538 g/mol. The smallest absolute Gasteiger partial charge is 0.306 e. The average Bonchev–Trinajstić information content (AvgIpc) is 3.44. The topological polar surface area (TPSA) is 71.2 Å². The molecular formula is C34H42N4O2. The van der Waals surface area contributed by atoms with Gasteiger partial charge in [0.1, 0.15) is 12.1 Å². The summed E-state index contributed by atoms with van der Waals surface area (Å²) in [7, 11) is 0. The number of esters is 1. The van der Waals surface area contributed by atoms with E-state index in [-0.39, 0.29) is 11.5 Å². The molecule has 6 nitrogen and oxygen atoms in total. The van der Waals surface area contributed by atoms with Crippen LogP contribution in [0.2, 0.25) is 0 Å². The van der Waals surface area contributed by atoms with Crippen molar-refractivity contribution in [2.75, 3.05) is 13.1 Å². The van der Waals surface area contributed by atoms with Crippen molar-refractivity contribution in [3.8, 4) is 6.07 Å². The molecule has 1 saturated carbocycles. The molecular weight excluding hydrogens is 496 g/mol. The Kier molecular flexibility index (Phi) is 9.95. The quantitative estimate of drug-likeness (QED) is 0.228. The van der Waals surface area contributed by atoms with Gasteiger partial charge >= 0.3 is 5.97 Å². The standard InChI is InChI=1S/C34H42N4O2/c1-5-10-26(3)32(11-6-2)27(4)30-21-36-38(22-30)34(18-19-35)24-37(25-34)31-16-14-28(15-17-31)20-33(39)40-23-29-12-8-7-9-13-29/h5-13,21-22,28,31H,1,14-18,20,23-25H2,2-4H3/b11-6-,26-10-,32-27?. The Balaban J connectivity index is 1.33. The third kappa shape index (κ3) is 6.89. The minimum Gasteiger partial charge on any atom is -0.461 e. The van der Waals surface area contributed by atoms with Crippen molar-refractivity contribution in [1.29, 1.82) is 5.26 Å². The number of aromatic nitrogens is 2. The Hall–Kier alpha value is -3.69. The second-order valence-corrected chi connectivity index (χ2v) is 11.3. The van der Waals surface area contributed by atoms with Gasteiger partial charge in [-0.05, 0) is 74.7 Å². The fourth-order valence-corrected chi connectivity index (χ4v) is 6.12. The highest BCUT2D eigenvalue weighted by Gasteiger charge is 2.48. The first kappa shape index (κ1) is 29.3. The van der Waals surface area contributed by atoms with Crippen molar-refractivity contribution >= 4 is 11.5 Å². The molecule has 1 aliphatic carbocycles. The number of nitrogens with zero attached hydrogens (tertiary/aromatic N) is 4. The van der Waals surface area contributed by atoms with Crippen molar-refractivity contribution in [1.82, 2.24) is 14.7 Å². The molecule has 1 saturated heterocycles. The molecule has 210 valence electrons. The summed E-state index contributed by atoms with van der Waals surface area (Å²) in [4.78, 5) is 14.9. The first-order valence-electron chi connectivity index (χ1n) is 14.4.